The van der Waals surface area contributed by atoms with Gasteiger partial charge in [-0.1, -0.05) is 350 Å². The molecule has 570 valence electrons. The van der Waals surface area contributed by atoms with E-state index in [9.17, 15) is 19.5 Å². The number of unbranched alkanes of at least 4 members (excludes halogenated alkanes) is 26. The molecule has 1 N–H and O–H groups in total. The summed E-state index contributed by atoms with van der Waals surface area (Å²) < 4.78 is 23.0. The minimum absolute atomic E-state index is 0.173. The maximum absolute atomic E-state index is 13.0. The predicted molar refractivity (Wildman–Crippen MR) is 437 cm³/mol. The third-order valence-corrected chi connectivity index (χ3v) is 16.8. The van der Waals surface area contributed by atoms with Crippen molar-refractivity contribution in [2.24, 2.45) is 0 Å². The number of esters is 2. The molecule has 0 aliphatic heterocycles. The number of carbonyl (C=O) groups is 3. The van der Waals surface area contributed by atoms with Crippen molar-refractivity contribution in [2.45, 2.75) is 322 Å². The Morgan fingerprint density at radius 1 is 0.297 bits per heavy atom. The summed E-state index contributed by atoms with van der Waals surface area (Å²) >= 11 is 0. The van der Waals surface area contributed by atoms with E-state index in [2.05, 4.69) is 208 Å². The molecule has 0 fully saturated rings. The van der Waals surface area contributed by atoms with E-state index >= 15 is 0 Å². The first kappa shape index (κ1) is 95.1. The maximum Gasteiger partial charge on any atom is 0.361 e. The Hall–Kier alpha value is -5.87. The summed E-state index contributed by atoms with van der Waals surface area (Å²) in [5.74, 6) is -2.06. The Kier molecular flexibility index (Phi) is 75.2. The van der Waals surface area contributed by atoms with Crippen molar-refractivity contribution in [3.8, 4) is 0 Å². The van der Waals surface area contributed by atoms with Crippen LogP contribution in [0.4, 0.5) is 0 Å². The molecular weight excluding hydrogens is 1250 g/mol. The summed E-state index contributed by atoms with van der Waals surface area (Å²) in [5, 5.41) is 9.77. The minimum Gasteiger partial charge on any atom is -0.477 e. The zero-order valence-corrected chi connectivity index (χ0v) is 65.2. The van der Waals surface area contributed by atoms with Crippen LogP contribution in [0.1, 0.15) is 309 Å². The highest BCUT2D eigenvalue weighted by Gasteiger charge is 2.25. The fourth-order valence-electron chi connectivity index (χ4n) is 10.8. The molecule has 0 saturated heterocycles. The third-order valence-electron chi connectivity index (χ3n) is 16.8. The molecule has 101 heavy (non-hydrogen) atoms. The summed E-state index contributed by atoms with van der Waals surface area (Å²) in [6, 6.07) is 0. The maximum atomic E-state index is 13.0. The Morgan fingerprint density at radius 3 is 0.802 bits per heavy atom. The molecule has 0 aliphatic rings. The lowest BCUT2D eigenvalue weighted by atomic mass is 10.0. The molecule has 0 aromatic heterocycles. The van der Waals surface area contributed by atoms with Gasteiger partial charge in [-0.05, 0) is 141 Å². The largest absolute Gasteiger partial charge is 0.477 e. The molecule has 0 rings (SSSR count). The molecule has 0 saturated carbocycles. The van der Waals surface area contributed by atoms with Crippen molar-refractivity contribution in [1.82, 2.24) is 0 Å². The van der Waals surface area contributed by atoms with Crippen molar-refractivity contribution >= 4 is 17.9 Å². The number of likely N-dealkylation sites (N-methyl/N-ethyl adjacent to an activating group) is 1. The smallest absolute Gasteiger partial charge is 0.361 e. The van der Waals surface area contributed by atoms with Gasteiger partial charge in [-0.2, -0.15) is 0 Å². The Labute approximate surface area is 621 Å². The Balaban J connectivity index is 4.12. The van der Waals surface area contributed by atoms with Crippen molar-refractivity contribution in [2.75, 3.05) is 47.5 Å². The van der Waals surface area contributed by atoms with E-state index in [-0.39, 0.29) is 38.6 Å². The summed E-state index contributed by atoms with van der Waals surface area (Å²) in [6.07, 6.45) is 120. The van der Waals surface area contributed by atoms with E-state index in [1.54, 1.807) is 0 Å². The molecule has 0 spiro atoms. The monoisotopic (exact) mass is 1400 g/mol. The molecule has 0 radical (unpaired) electrons. The number of carboxylic acid groups (broad SMARTS) is 1. The van der Waals surface area contributed by atoms with Gasteiger partial charge in [-0.15, -0.1) is 0 Å². The molecule has 0 bridgehead atoms. The van der Waals surface area contributed by atoms with E-state index in [0.717, 1.165) is 141 Å². The lowest BCUT2D eigenvalue weighted by Crippen LogP contribution is -2.40. The van der Waals surface area contributed by atoms with E-state index in [4.69, 9.17) is 18.9 Å². The van der Waals surface area contributed by atoms with Crippen LogP contribution in [0.3, 0.4) is 0 Å². The van der Waals surface area contributed by atoms with Crippen LogP contribution in [-0.2, 0) is 33.3 Å². The lowest BCUT2D eigenvalue weighted by Gasteiger charge is -2.25. The van der Waals surface area contributed by atoms with Crippen LogP contribution >= 0.6 is 0 Å². The summed E-state index contributed by atoms with van der Waals surface area (Å²) in [6.45, 7) is 4.61. The van der Waals surface area contributed by atoms with Crippen LogP contribution in [0.2, 0.25) is 0 Å². The standard InChI is InChI=1S/C92H149NO8/c1-6-8-10-12-14-16-18-20-22-24-26-28-30-32-34-36-38-40-42-44-45-47-48-50-52-54-56-58-60-62-64-66-68-70-72-74-76-78-80-82-89(94)99-86-88(87-100-92(91(96)97)98-85-84-93(3,4)5)101-90(95)83-81-79-77-75-73-71-69-67-65-63-61-59-57-55-53-51-49-46-43-41-39-37-35-33-31-29-27-25-23-21-19-17-15-13-11-9-7-2/h8-11,14-17,20-23,26-29,32-35,39,41,46,49,53,55,59,61,65,67,71,73,88,92H,6-7,12-13,18-19,24-25,30-31,36-38,40,42-45,47-48,50-52,54,56-58,60,62-64,66,68-70,72,74-87H2,1-5H3/p+1/b10-8-,11-9-,16-14-,17-15-,22-20-,23-21-,28-26-,29-27-,34-32-,35-33-,41-39-,49-46-,55-53-,61-59-,67-65-,73-71-. The van der Waals surface area contributed by atoms with E-state index in [1.165, 1.54) is 135 Å². The molecule has 0 amide bonds. The zero-order chi connectivity index (χ0) is 73.2. The Bertz CT molecular complexity index is 2380. The number of hydrogen-bond acceptors (Lipinski definition) is 7. The molecule has 9 nitrogen and oxygen atoms in total. The second-order valence-electron chi connectivity index (χ2n) is 27.6. The van der Waals surface area contributed by atoms with E-state index < -0.39 is 24.3 Å². The van der Waals surface area contributed by atoms with Gasteiger partial charge in [0.25, 0.3) is 6.29 Å². The van der Waals surface area contributed by atoms with E-state index in [0.29, 0.717) is 17.4 Å². The molecule has 0 aliphatic carbocycles. The SMILES string of the molecule is CC/C=C\C/C=C\C/C=C\C/C=C\C/C=C\C/C=C\C/C=C\C/C=C\C/C=C\C/C=C\C/C=C\CCCCCC(=O)OC(COC(=O)CCCCCCCCCCCCCCCCCCCCCCCCC/C=C\C/C=C\C/C=C\C/C=C\C/C=C\CC)COC(OCC[N+](C)(C)C)C(=O)O. The van der Waals surface area contributed by atoms with Crippen molar-refractivity contribution in [3.63, 3.8) is 0 Å². The van der Waals surface area contributed by atoms with Crippen molar-refractivity contribution in [3.05, 3.63) is 194 Å². The number of carboxylic acids is 1. The number of aliphatic carboxylic acids is 1. The van der Waals surface area contributed by atoms with Gasteiger partial charge in [0.2, 0.25) is 0 Å². The summed E-state index contributed by atoms with van der Waals surface area (Å²) in [5.41, 5.74) is 0. The van der Waals surface area contributed by atoms with Crippen LogP contribution in [-0.4, -0.2) is 87.4 Å². The highest BCUT2D eigenvalue weighted by molar-refractivity contribution is 5.71. The number of hydrogen-bond donors (Lipinski definition) is 1. The molecule has 2 unspecified atom stereocenters. The number of carbonyl (C=O) groups excluding carboxylic acids is 2. The van der Waals surface area contributed by atoms with Crippen molar-refractivity contribution in [1.29, 1.82) is 0 Å². The van der Waals surface area contributed by atoms with Crippen LogP contribution in [0.25, 0.3) is 0 Å². The average Bonchev–Trinajstić information content (AvgIpc) is 1.25. The van der Waals surface area contributed by atoms with E-state index in [1.807, 2.05) is 21.1 Å². The van der Waals surface area contributed by atoms with Crippen LogP contribution in [0, 0.1) is 0 Å². The number of ether oxygens (including phenoxy) is 4. The third kappa shape index (κ3) is 81.3. The molecule has 2 atom stereocenters. The topological polar surface area (TPSA) is 108 Å². The first-order valence-corrected chi connectivity index (χ1v) is 40.6. The second kappa shape index (κ2) is 79.8. The molecule has 0 heterocycles. The lowest BCUT2D eigenvalue weighted by molar-refractivity contribution is -0.870. The van der Waals surface area contributed by atoms with Gasteiger partial charge in [0.1, 0.15) is 13.2 Å². The van der Waals surface area contributed by atoms with Crippen LogP contribution < -0.4 is 0 Å². The number of rotatable bonds is 73. The fourth-order valence-corrected chi connectivity index (χ4v) is 10.8. The average molecular weight is 1400 g/mol. The number of quaternary nitrogens is 1. The second-order valence-corrected chi connectivity index (χ2v) is 27.6. The first-order valence-electron chi connectivity index (χ1n) is 40.6. The molecular formula is C92H150NO8+. The van der Waals surface area contributed by atoms with Gasteiger partial charge in [0.15, 0.2) is 6.10 Å². The Morgan fingerprint density at radius 2 is 0.535 bits per heavy atom. The van der Waals surface area contributed by atoms with Crippen LogP contribution in [0.5, 0.6) is 0 Å². The predicted octanol–water partition coefficient (Wildman–Crippen LogP) is 26.5. The number of allylic oxidation sites excluding steroid dienone is 32. The molecule has 0 aromatic rings. The minimum atomic E-state index is -1.53. The highest BCUT2D eigenvalue weighted by Crippen LogP contribution is 2.18. The normalized spacial score (nSPS) is 13.7. The molecule has 0 aromatic carbocycles. The fraction of sp³-hybridized carbons (Fsp3) is 0.620. The van der Waals surface area contributed by atoms with Gasteiger partial charge in [0, 0.05) is 12.8 Å². The van der Waals surface area contributed by atoms with Gasteiger partial charge in [0.05, 0.1) is 34.4 Å². The highest BCUT2D eigenvalue weighted by atomic mass is 16.7. The number of nitrogens with zero attached hydrogens (tertiary/aromatic N) is 1. The first-order chi connectivity index (χ1) is 49.6. The van der Waals surface area contributed by atoms with Gasteiger partial charge in [-0.3, -0.25) is 9.59 Å². The van der Waals surface area contributed by atoms with Crippen molar-refractivity contribution < 1.29 is 42.9 Å². The summed E-state index contributed by atoms with van der Waals surface area (Å²) in [4.78, 5) is 37.7. The van der Waals surface area contributed by atoms with Gasteiger partial charge >= 0.3 is 17.9 Å². The zero-order valence-electron chi connectivity index (χ0n) is 65.2. The van der Waals surface area contributed by atoms with Gasteiger partial charge < -0.3 is 28.5 Å². The quantitative estimate of drug-likeness (QED) is 0.0211. The van der Waals surface area contributed by atoms with Gasteiger partial charge in [-0.25, -0.2) is 4.79 Å². The molecule has 9 heteroatoms. The van der Waals surface area contributed by atoms with Crippen LogP contribution in [0.15, 0.2) is 194 Å². The summed E-state index contributed by atoms with van der Waals surface area (Å²) in [7, 11) is 5.96.